The van der Waals surface area contributed by atoms with Crippen LogP contribution in [0, 0.1) is 5.82 Å². The number of carbonyl (C=O) groups excluding carboxylic acids is 1. The molecule has 5 rings (SSSR count). The largest absolute Gasteiger partial charge is 0.383 e. The lowest BCUT2D eigenvalue weighted by Crippen LogP contribution is -2.40. The van der Waals surface area contributed by atoms with Crippen molar-refractivity contribution in [3.8, 4) is 11.3 Å². The van der Waals surface area contributed by atoms with Crippen molar-refractivity contribution >= 4 is 44.4 Å². The molecule has 1 aliphatic rings. The van der Waals surface area contributed by atoms with Gasteiger partial charge in [-0.2, -0.15) is 5.10 Å². The molecule has 1 fully saturated rings. The Labute approximate surface area is 229 Å². The Morgan fingerprint density at radius 2 is 2.00 bits per heavy atom. The number of aromatic nitrogens is 4. The minimum absolute atomic E-state index is 0.0652. The summed E-state index contributed by atoms with van der Waals surface area (Å²) in [4.78, 5) is 22.0. The van der Waals surface area contributed by atoms with Gasteiger partial charge in [0.05, 0.1) is 11.4 Å². The zero-order valence-corrected chi connectivity index (χ0v) is 22.3. The normalized spacial score (nSPS) is 15.9. The summed E-state index contributed by atoms with van der Waals surface area (Å²) in [5, 5.41) is 5.55. The molecular formula is C26H25ClFN7O3S. The van der Waals surface area contributed by atoms with Crippen LogP contribution in [0.5, 0.6) is 0 Å². The molecule has 202 valence electrons. The highest BCUT2D eigenvalue weighted by Gasteiger charge is 2.28. The van der Waals surface area contributed by atoms with E-state index in [2.05, 4.69) is 21.3 Å². The van der Waals surface area contributed by atoms with Crippen LogP contribution in [0.15, 0.2) is 66.3 Å². The van der Waals surface area contributed by atoms with Crippen LogP contribution in [0.3, 0.4) is 0 Å². The van der Waals surface area contributed by atoms with Crippen LogP contribution in [0.2, 0.25) is 5.02 Å². The van der Waals surface area contributed by atoms with E-state index in [0.717, 1.165) is 30.5 Å². The molecule has 0 saturated carbocycles. The highest BCUT2D eigenvalue weighted by Crippen LogP contribution is 2.34. The number of halogens is 2. The van der Waals surface area contributed by atoms with Gasteiger partial charge in [0, 0.05) is 30.2 Å². The van der Waals surface area contributed by atoms with Crippen LogP contribution in [-0.2, 0) is 21.4 Å². The maximum atomic E-state index is 14.1. The average Bonchev–Trinajstić information content (AvgIpc) is 3.34. The molecule has 2 aromatic heterocycles. The molecule has 39 heavy (non-hydrogen) atoms. The maximum absolute atomic E-state index is 14.1. The molecule has 1 amide bonds. The van der Waals surface area contributed by atoms with Gasteiger partial charge in [-0.05, 0) is 42.7 Å². The fraction of sp³-hybridized carbons (Fsp3) is 0.231. The highest BCUT2D eigenvalue weighted by molar-refractivity contribution is 7.89. The quantitative estimate of drug-likeness (QED) is 0.324. The number of nitrogen functional groups attached to an aromatic ring is 1. The number of nitrogens with zero attached hydrogens (tertiary/aromatic N) is 5. The molecule has 1 aliphatic heterocycles. The Morgan fingerprint density at radius 1 is 1.23 bits per heavy atom. The lowest BCUT2D eigenvalue weighted by Gasteiger charge is -2.32. The predicted molar refractivity (Wildman–Crippen MR) is 146 cm³/mol. The van der Waals surface area contributed by atoms with E-state index in [-0.39, 0.29) is 29.3 Å². The third kappa shape index (κ3) is 5.35. The second kappa shape index (κ2) is 10.7. The first kappa shape index (κ1) is 26.7. The number of likely N-dealkylation sites (tertiary alicyclic amines) is 1. The third-order valence-corrected chi connectivity index (χ3v) is 8.27. The Hall–Kier alpha value is -3.87. The van der Waals surface area contributed by atoms with Crippen molar-refractivity contribution in [3.63, 3.8) is 0 Å². The number of piperidine rings is 1. The second-order valence-corrected chi connectivity index (χ2v) is 11.3. The van der Waals surface area contributed by atoms with E-state index in [4.69, 9.17) is 22.4 Å². The summed E-state index contributed by atoms with van der Waals surface area (Å²) in [6, 6.07) is 10.3. The zero-order chi connectivity index (χ0) is 27.7. The molecule has 13 heteroatoms. The topological polar surface area (TPSA) is 136 Å². The Balaban J connectivity index is 1.41. The minimum Gasteiger partial charge on any atom is -0.383 e. The molecule has 2 aromatic carbocycles. The summed E-state index contributed by atoms with van der Waals surface area (Å²) >= 11 is 5.84. The summed E-state index contributed by atoms with van der Waals surface area (Å²) in [5.41, 5.74) is 8.74. The fourth-order valence-electron chi connectivity index (χ4n) is 4.66. The maximum Gasteiger partial charge on any atom is 0.246 e. The predicted octanol–water partition coefficient (Wildman–Crippen LogP) is 3.70. The number of benzene rings is 2. The zero-order valence-electron chi connectivity index (χ0n) is 20.7. The Kier molecular flexibility index (Phi) is 7.34. The first-order valence-electron chi connectivity index (χ1n) is 12.1. The van der Waals surface area contributed by atoms with Gasteiger partial charge in [-0.25, -0.2) is 32.2 Å². The van der Waals surface area contributed by atoms with Crippen LogP contribution < -0.4 is 10.5 Å². The number of nitrogens with one attached hydrogen (secondary N) is 1. The van der Waals surface area contributed by atoms with Gasteiger partial charge < -0.3 is 10.6 Å². The van der Waals surface area contributed by atoms with Gasteiger partial charge in [-0.1, -0.05) is 42.4 Å². The minimum atomic E-state index is -4.12. The van der Waals surface area contributed by atoms with Gasteiger partial charge in [0.2, 0.25) is 15.9 Å². The lowest BCUT2D eigenvalue weighted by atomic mass is 10.1. The van der Waals surface area contributed by atoms with Crippen molar-refractivity contribution in [1.82, 2.24) is 29.4 Å². The summed E-state index contributed by atoms with van der Waals surface area (Å²) in [6.45, 7) is 4.64. The summed E-state index contributed by atoms with van der Waals surface area (Å²) < 4.78 is 43.5. The van der Waals surface area contributed by atoms with E-state index in [9.17, 15) is 17.6 Å². The number of anilines is 1. The fourth-order valence-corrected chi connectivity index (χ4v) is 6.01. The number of rotatable bonds is 7. The van der Waals surface area contributed by atoms with Crippen molar-refractivity contribution in [1.29, 1.82) is 0 Å². The van der Waals surface area contributed by atoms with Crippen molar-refractivity contribution in [2.75, 3.05) is 18.8 Å². The number of hydrogen-bond donors (Lipinski definition) is 2. The van der Waals surface area contributed by atoms with Crippen molar-refractivity contribution in [2.45, 2.75) is 30.3 Å². The first-order chi connectivity index (χ1) is 18.7. The number of carbonyl (C=O) groups is 1. The molecule has 0 aliphatic carbocycles. The number of hydrogen-bond acceptors (Lipinski definition) is 7. The van der Waals surface area contributed by atoms with Gasteiger partial charge >= 0.3 is 0 Å². The molecule has 4 aromatic rings. The molecule has 10 nitrogen and oxygen atoms in total. The molecule has 3 heterocycles. The molecule has 0 spiro atoms. The summed E-state index contributed by atoms with van der Waals surface area (Å²) in [5.74, 6) is -0.745. The van der Waals surface area contributed by atoms with E-state index in [0.29, 0.717) is 35.4 Å². The molecule has 1 saturated heterocycles. The second-order valence-electron chi connectivity index (χ2n) is 9.13. The van der Waals surface area contributed by atoms with Crippen molar-refractivity contribution in [2.24, 2.45) is 0 Å². The van der Waals surface area contributed by atoms with E-state index in [1.807, 2.05) is 0 Å². The van der Waals surface area contributed by atoms with Gasteiger partial charge in [0.1, 0.15) is 28.6 Å². The number of nitrogens with two attached hydrogens (primary N) is 1. The first-order valence-corrected chi connectivity index (χ1v) is 14.0. The lowest BCUT2D eigenvalue weighted by molar-refractivity contribution is -0.127. The summed E-state index contributed by atoms with van der Waals surface area (Å²) in [7, 11) is -4.12. The van der Waals surface area contributed by atoms with Crippen LogP contribution in [0.1, 0.15) is 24.4 Å². The van der Waals surface area contributed by atoms with Crippen LogP contribution >= 0.6 is 11.6 Å². The van der Waals surface area contributed by atoms with Gasteiger partial charge in [0.25, 0.3) is 0 Å². The molecule has 0 unspecified atom stereocenters. The molecule has 1 atom stereocenters. The molecule has 0 radical (unpaired) electrons. The van der Waals surface area contributed by atoms with Crippen LogP contribution in [0.25, 0.3) is 22.3 Å². The monoisotopic (exact) mass is 569 g/mol. The standard InChI is InChI=1S/C26H25ClFN7O3S/c1-2-22(36)34-11-3-4-19(14-34)35-26-23(25(29)30-15-31-26)24(33-35)17-7-5-16(6-8-17)13-32-39(37,38)21-12-18(27)9-10-20(21)28/h2,5-10,12,15,19,32H,1,3-4,11,13-14H2,(H2,29,30,31)/t19-/m1/s1. The Bertz CT molecular complexity index is 1680. The smallest absolute Gasteiger partial charge is 0.246 e. The SMILES string of the molecule is C=CC(=O)N1CCC[C@@H](n2nc(-c3ccc(CNS(=O)(=O)c4cc(Cl)ccc4F)cc3)c3c(N)ncnc32)C1. The molecular weight excluding hydrogens is 545 g/mol. The number of sulfonamides is 1. The molecule has 3 N–H and O–H groups in total. The van der Waals surface area contributed by atoms with E-state index in [1.165, 1.54) is 18.5 Å². The van der Waals surface area contributed by atoms with Crippen LogP contribution in [-0.4, -0.2) is 52.1 Å². The van der Waals surface area contributed by atoms with E-state index < -0.39 is 20.7 Å². The van der Waals surface area contributed by atoms with Crippen molar-refractivity contribution in [3.05, 3.63) is 77.9 Å². The van der Waals surface area contributed by atoms with Crippen molar-refractivity contribution < 1.29 is 17.6 Å². The van der Waals surface area contributed by atoms with Crippen LogP contribution in [0.4, 0.5) is 10.2 Å². The third-order valence-electron chi connectivity index (χ3n) is 6.62. The van der Waals surface area contributed by atoms with Gasteiger partial charge in [-0.3, -0.25) is 4.79 Å². The van der Waals surface area contributed by atoms with Gasteiger partial charge in [-0.15, -0.1) is 0 Å². The Morgan fingerprint density at radius 3 is 2.74 bits per heavy atom. The molecule has 0 bridgehead atoms. The average molecular weight is 570 g/mol. The number of fused-ring (bicyclic) bond motifs is 1. The van der Waals surface area contributed by atoms with Gasteiger partial charge in [0.15, 0.2) is 5.65 Å². The van der Waals surface area contributed by atoms with E-state index in [1.54, 1.807) is 33.8 Å². The summed E-state index contributed by atoms with van der Waals surface area (Å²) in [6.07, 6.45) is 4.31. The highest BCUT2D eigenvalue weighted by atomic mass is 35.5. The number of amides is 1. The van der Waals surface area contributed by atoms with E-state index >= 15 is 0 Å².